The minimum atomic E-state index is -3.81. The molecule has 0 amide bonds. The number of rotatable bonds is 5. The number of ether oxygens (including phenoxy) is 2. The van der Waals surface area contributed by atoms with Crippen LogP contribution in [-0.2, 0) is 23.8 Å². The molecule has 2 rings (SSSR count). The van der Waals surface area contributed by atoms with Crippen LogP contribution in [0.25, 0.3) is 0 Å². The van der Waals surface area contributed by atoms with Crippen molar-refractivity contribution in [2.45, 2.75) is 50.6 Å². The van der Waals surface area contributed by atoms with Gasteiger partial charge in [-0.1, -0.05) is 17.7 Å². The predicted molar refractivity (Wildman–Crippen MR) is 73.6 cm³/mol. The Morgan fingerprint density at radius 1 is 1.25 bits per heavy atom. The first-order chi connectivity index (χ1) is 9.47. The van der Waals surface area contributed by atoms with E-state index in [0.29, 0.717) is 6.61 Å². The van der Waals surface area contributed by atoms with Crippen molar-refractivity contribution in [3.8, 4) is 0 Å². The molecule has 0 saturated carbocycles. The quantitative estimate of drug-likeness (QED) is 0.618. The summed E-state index contributed by atoms with van der Waals surface area (Å²) in [6.07, 6.45) is 1.54. The zero-order valence-corrected chi connectivity index (χ0v) is 12.6. The van der Waals surface area contributed by atoms with Crippen LogP contribution in [-0.4, -0.2) is 27.6 Å². The van der Waals surface area contributed by atoms with Crippen LogP contribution in [0.15, 0.2) is 29.2 Å². The van der Waals surface area contributed by atoms with Gasteiger partial charge in [0, 0.05) is 6.61 Å². The van der Waals surface area contributed by atoms with Crippen molar-refractivity contribution in [2.24, 2.45) is 0 Å². The van der Waals surface area contributed by atoms with Crippen LogP contribution in [0.3, 0.4) is 0 Å². The number of hydrogen-bond acceptors (Lipinski definition) is 5. The molecule has 112 valence electrons. The number of benzene rings is 1. The first kappa shape index (κ1) is 15.4. The summed E-state index contributed by atoms with van der Waals surface area (Å²) in [4.78, 5) is 0.128. The van der Waals surface area contributed by atoms with E-state index in [9.17, 15) is 8.42 Å². The monoisotopic (exact) mass is 300 g/mol. The molecule has 2 atom stereocenters. The summed E-state index contributed by atoms with van der Waals surface area (Å²) >= 11 is 0. The van der Waals surface area contributed by atoms with Crippen LogP contribution in [0.1, 0.15) is 31.7 Å². The molecule has 5 nitrogen and oxygen atoms in total. The highest BCUT2D eigenvalue weighted by atomic mass is 32.2. The average Bonchev–Trinajstić information content (AvgIpc) is 2.39. The fourth-order valence-corrected chi connectivity index (χ4v) is 2.98. The Kier molecular flexibility index (Phi) is 5.15. The van der Waals surface area contributed by atoms with Gasteiger partial charge in [0.15, 0.2) is 12.6 Å². The lowest BCUT2D eigenvalue weighted by atomic mass is 10.2. The maximum absolute atomic E-state index is 12.1. The van der Waals surface area contributed by atoms with E-state index in [2.05, 4.69) is 0 Å². The Hall–Kier alpha value is -0.950. The van der Waals surface area contributed by atoms with Gasteiger partial charge in [-0.2, -0.15) is 8.42 Å². The van der Waals surface area contributed by atoms with Gasteiger partial charge in [-0.3, -0.25) is 0 Å². The Bertz CT molecular complexity index is 517. The minimum absolute atomic E-state index is 0.128. The zero-order chi connectivity index (χ0) is 14.6. The molecule has 0 bridgehead atoms. The summed E-state index contributed by atoms with van der Waals surface area (Å²) in [5.41, 5.74) is 0.990. The standard InChI is InChI=1S/C14H20O5S/c1-11-6-8-13(9-7-11)20(15,16)19-12(2)18-14-5-3-4-10-17-14/h6-9,12,14H,3-5,10H2,1-2H3. The fourth-order valence-electron chi connectivity index (χ4n) is 1.99. The van der Waals surface area contributed by atoms with Gasteiger partial charge >= 0.3 is 0 Å². The van der Waals surface area contributed by atoms with Crippen LogP contribution in [0, 0.1) is 6.92 Å². The molecule has 1 aromatic rings. The Morgan fingerprint density at radius 2 is 1.95 bits per heavy atom. The van der Waals surface area contributed by atoms with E-state index in [-0.39, 0.29) is 11.2 Å². The first-order valence-corrected chi connectivity index (χ1v) is 8.15. The molecule has 1 saturated heterocycles. The van der Waals surface area contributed by atoms with Gasteiger partial charge in [0.2, 0.25) is 0 Å². The molecule has 1 aliphatic heterocycles. The van der Waals surface area contributed by atoms with Crippen molar-refractivity contribution in [2.75, 3.05) is 6.61 Å². The second-order valence-electron chi connectivity index (χ2n) is 4.86. The van der Waals surface area contributed by atoms with E-state index < -0.39 is 16.4 Å². The lowest BCUT2D eigenvalue weighted by Crippen LogP contribution is -2.29. The molecule has 20 heavy (non-hydrogen) atoms. The summed E-state index contributed by atoms with van der Waals surface area (Å²) < 4.78 is 40.0. The molecule has 1 aliphatic rings. The van der Waals surface area contributed by atoms with Crippen LogP contribution in [0.5, 0.6) is 0 Å². The van der Waals surface area contributed by atoms with Crippen LogP contribution >= 0.6 is 0 Å². The molecular formula is C14H20O5S. The van der Waals surface area contributed by atoms with E-state index in [4.69, 9.17) is 13.7 Å². The average molecular weight is 300 g/mol. The lowest BCUT2D eigenvalue weighted by molar-refractivity contribution is -0.224. The second-order valence-corrected chi connectivity index (χ2v) is 6.44. The van der Waals surface area contributed by atoms with Crippen molar-refractivity contribution in [3.63, 3.8) is 0 Å². The number of aryl methyl sites for hydroxylation is 1. The van der Waals surface area contributed by atoms with Gasteiger partial charge < -0.3 is 9.47 Å². The Labute approximate surface area is 120 Å². The molecule has 1 heterocycles. The largest absolute Gasteiger partial charge is 0.353 e. The van der Waals surface area contributed by atoms with Crippen LogP contribution in [0.4, 0.5) is 0 Å². The van der Waals surface area contributed by atoms with Gasteiger partial charge in [0.1, 0.15) is 0 Å². The minimum Gasteiger partial charge on any atom is -0.353 e. The van der Waals surface area contributed by atoms with Gasteiger partial charge in [-0.25, -0.2) is 4.18 Å². The smallest absolute Gasteiger partial charge is 0.299 e. The molecule has 0 radical (unpaired) electrons. The van der Waals surface area contributed by atoms with E-state index in [1.165, 1.54) is 12.1 Å². The third-order valence-electron chi connectivity index (χ3n) is 3.05. The van der Waals surface area contributed by atoms with E-state index in [1.807, 2.05) is 6.92 Å². The first-order valence-electron chi connectivity index (χ1n) is 6.74. The van der Waals surface area contributed by atoms with Crippen molar-refractivity contribution < 1.29 is 22.1 Å². The van der Waals surface area contributed by atoms with Crippen LogP contribution < -0.4 is 0 Å². The third-order valence-corrected chi connectivity index (χ3v) is 4.43. The summed E-state index contributed by atoms with van der Waals surface area (Å²) in [6, 6.07) is 6.50. The Balaban J connectivity index is 1.95. The van der Waals surface area contributed by atoms with Crippen LogP contribution in [0.2, 0.25) is 0 Å². The maximum Gasteiger partial charge on any atom is 0.299 e. The fraction of sp³-hybridized carbons (Fsp3) is 0.571. The molecule has 0 aromatic heterocycles. The molecule has 2 unspecified atom stereocenters. The molecule has 0 aliphatic carbocycles. The molecule has 1 fully saturated rings. The molecule has 1 aromatic carbocycles. The normalized spacial score (nSPS) is 21.6. The van der Waals surface area contributed by atoms with Gasteiger partial charge in [0.25, 0.3) is 10.1 Å². The highest BCUT2D eigenvalue weighted by Crippen LogP contribution is 2.19. The zero-order valence-electron chi connectivity index (χ0n) is 11.7. The molecule has 6 heteroatoms. The predicted octanol–water partition coefficient (Wildman–Crippen LogP) is 2.59. The number of hydrogen-bond donors (Lipinski definition) is 0. The van der Waals surface area contributed by atoms with Gasteiger partial charge in [-0.05, 0) is 45.2 Å². The van der Waals surface area contributed by atoms with Crippen molar-refractivity contribution in [1.82, 2.24) is 0 Å². The third kappa shape index (κ3) is 4.28. The van der Waals surface area contributed by atoms with Gasteiger partial charge in [0.05, 0.1) is 4.90 Å². The SMILES string of the molecule is Cc1ccc(S(=O)(=O)OC(C)OC2CCCCO2)cc1. The van der Waals surface area contributed by atoms with Gasteiger partial charge in [-0.15, -0.1) is 0 Å². The lowest BCUT2D eigenvalue weighted by Gasteiger charge is -2.25. The van der Waals surface area contributed by atoms with E-state index in [1.54, 1.807) is 19.1 Å². The van der Waals surface area contributed by atoms with Crippen molar-refractivity contribution in [1.29, 1.82) is 0 Å². The van der Waals surface area contributed by atoms with Crippen molar-refractivity contribution in [3.05, 3.63) is 29.8 Å². The topological polar surface area (TPSA) is 61.8 Å². The summed E-state index contributed by atoms with van der Waals surface area (Å²) in [7, 11) is -3.81. The molecule has 0 spiro atoms. The molecule has 0 N–H and O–H groups in total. The highest BCUT2D eigenvalue weighted by molar-refractivity contribution is 7.86. The Morgan fingerprint density at radius 3 is 2.55 bits per heavy atom. The summed E-state index contributed by atoms with van der Waals surface area (Å²) in [5.74, 6) is 0. The second kappa shape index (κ2) is 6.67. The van der Waals surface area contributed by atoms with E-state index >= 15 is 0 Å². The molecular weight excluding hydrogens is 280 g/mol. The van der Waals surface area contributed by atoms with Crippen molar-refractivity contribution >= 4 is 10.1 Å². The highest BCUT2D eigenvalue weighted by Gasteiger charge is 2.23. The maximum atomic E-state index is 12.1. The summed E-state index contributed by atoms with van der Waals surface area (Å²) in [5, 5.41) is 0. The summed E-state index contributed by atoms with van der Waals surface area (Å²) in [6.45, 7) is 4.09. The van der Waals surface area contributed by atoms with E-state index in [0.717, 1.165) is 24.8 Å².